The van der Waals surface area contributed by atoms with Crippen molar-refractivity contribution in [2.24, 2.45) is 5.92 Å². The van der Waals surface area contributed by atoms with Gasteiger partial charge in [-0.25, -0.2) is 9.37 Å². The van der Waals surface area contributed by atoms with Gasteiger partial charge in [0.1, 0.15) is 0 Å². The van der Waals surface area contributed by atoms with Gasteiger partial charge in [0.2, 0.25) is 0 Å². The maximum absolute atomic E-state index is 14.6. The van der Waals surface area contributed by atoms with Gasteiger partial charge < -0.3 is 10.2 Å². The summed E-state index contributed by atoms with van der Waals surface area (Å²) in [6.07, 6.45) is 9.39. The van der Waals surface area contributed by atoms with Crippen LogP contribution in [0.5, 0.6) is 0 Å². The van der Waals surface area contributed by atoms with E-state index in [1.165, 1.54) is 38.5 Å². The summed E-state index contributed by atoms with van der Waals surface area (Å²) in [6, 6.07) is 2.28. The van der Waals surface area contributed by atoms with Gasteiger partial charge in [-0.3, -0.25) is 0 Å². The minimum atomic E-state index is -0.133. The molecule has 2 aliphatic rings. The van der Waals surface area contributed by atoms with Crippen LogP contribution in [0.15, 0.2) is 12.3 Å². The van der Waals surface area contributed by atoms with Gasteiger partial charge in [-0.05, 0) is 44.7 Å². The first-order chi connectivity index (χ1) is 9.81. The molecule has 1 atom stereocenters. The van der Waals surface area contributed by atoms with E-state index in [0.717, 1.165) is 18.0 Å². The van der Waals surface area contributed by atoms with Gasteiger partial charge in [-0.15, -0.1) is 0 Å². The van der Waals surface area contributed by atoms with Gasteiger partial charge in [-0.2, -0.15) is 0 Å². The maximum atomic E-state index is 14.6. The van der Waals surface area contributed by atoms with Crippen molar-refractivity contribution in [2.75, 3.05) is 18.5 Å². The third-order valence-corrected chi connectivity index (χ3v) is 4.83. The lowest BCUT2D eigenvalue weighted by Gasteiger charge is -2.30. The number of rotatable bonds is 4. The molecular formula is C16H24FN3. The second-order valence-corrected chi connectivity index (χ2v) is 6.09. The Morgan fingerprint density at radius 3 is 2.85 bits per heavy atom. The van der Waals surface area contributed by atoms with E-state index in [-0.39, 0.29) is 5.82 Å². The Morgan fingerprint density at radius 1 is 1.30 bits per heavy atom. The first kappa shape index (κ1) is 13.8. The Labute approximate surface area is 120 Å². The van der Waals surface area contributed by atoms with Crippen LogP contribution in [0, 0.1) is 11.7 Å². The monoisotopic (exact) mass is 277 g/mol. The lowest BCUT2D eigenvalue weighted by molar-refractivity contribution is 0.425. The Balaban J connectivity index is 1.85. The number of halogens is 1. The fourth-order valence-electron chi connectivity index (χ4n) is 3.89. The zero-order chi connectivity index (χ0) is 13.9. The molecule has 2 fully saturated rings. The topological polar surface area (TPSA) is 28.2 Å². The lowest BCUT2D eigenvalue weighted by Crippen LogP contribution is -2.36. The molecule has 20 heavy (non-hydrogen) atoms. The SMILES string of the molecule is CNCc1ccnc(N2CCCC2C2CCCC2)c1F. The van der Waals surface area contributed by atoms with E-state index >= 15 is 0 Å². The zero-order valence-corrected chi connectivity index (χ0v) is 12.2. The number of anilines is 1. The molecule has 0 aromatic carbocycles. The third kappa shape index (κ3) is 2.53. The second kappa shape index (κ2) is 6.08. The quantitative estimate of drug-likeness (QED) is 0.916. The van der Waals surface area contributed by atoms with E-state index in [4.69, 9.17) is 0 Å². The minimum absolute atomic E-state index is 0.133. The molecule has 3 rings (SSSR count). The molecule has 1 saturated heterocycles. The zero-order valence-electron chi connectivity index (χ0n) is 12.2. The summed E-state index contributed by atoms with van der Waals surface area (Å²) in [6.45, 7) is 1.51. The standard InChI is InChI=1S/C16H24FN3/c1-18-11-13-8-9-19-16(15(13)17)20-10-4-7-14(20)12-5-2-3-6-12/h8-9,12,14,18H,2-7,10-11H2,1H3. The van der Waals surface area contributed by atoms with Crippen LogP contribution in [0.2, 0.25) is 0 Å². The summed E-state index contributed by atoms with van der Waals surface area (Å²) >= 11 is 0. The van der Waals surface area contributed by atoms with Crippen molar-refractivity contribution in [1.29, 1.82) is 0 Å². The van der Waals surface area contributed by atoms with Crippen molar-refractivity contribution in [1.82, 2.24) is 10.3 Å². The fourth-order valence-corrected chi connectivity index (χ4v) is 3.89. The van der Waals surface area contributed by atoms with E-state index in [1.54, 1.807) is 12.3 Å². The lowest BCUT2D eigenvalue weighted by atomic mass is 9.96. The summed E-state index contributed by atoms with van der Waals surface area (Å²) in [5, 5.41) is 3.02. The summed E-state index contributed by atoms with van der Waals surface area (Å²) in [5.74, 6) is 1.19. The van der Waals surface area contributed by atoms with E-state index in [9.17, 15) is 4.39 Å². The smallest absolute Gasteiger partial charge is 0.170 e. The van der Waals surface area contributed by atoms with Crippen molar-refractivity contribution >= 4 is 5.82 Å². The first-order valence-electron chi connectivity index (χ1n) is 7.86. The minimum Gasteiger partial charge on any atom is -0.351 e. The Hall–Kier alpha value is -1.16. The van der Waals surface area contributed by atoms with Crippen molar-refractivity contribution < 1.29 is 4.39 Å². The number of hydrogen-bond acceptors (Lipinski definition) is 3. The summed E-state index contributed by atoms with van der Waals surface area (Å²) in [7, 11) is 1.84. The molecule has 3 nitrogen and oxygen atoms in total. The number of pyridine rings is 1. The number of nitrogens with one attached hydrogen (secondary N) is 1. The van der Waals surface area contributed by atoms with Crippen molar-refractivity contribution in [2.45, 2.75) is 51.1 Å². The van der Waals surface area contributed by atoms with Crippen LogP contribution in [0.3, 0.4) is 0 Å². The van der Waals surface area contributed by atoms with Gasteiger partial charge in [-0.1, -0.05) is 12.8 Å². The largest absolute Gasteiger partial charge is 0.351 e. The van der Waals surface area contributed by atoms with Gasteiger partial charge in [0, 0.05) is 30.9 Å². The Bertz CT molecular complexity index is 457. The van der Waals surface area contributed by atoms with E-state index in [2.05, 4.69) is 15.2 Å². The average molecular weight is 277 g/mol. The summed E-state index contributed by atoms with van der Waals surface area (Å²) in [5.41, 5.74) is 0.717. The molecule has 0 bridgehead atoms. The second-order valence-electron chi connectivity index (χ2n) is 6.09. The Morgan fingerprint density at radius 2 is 2.10 bits per heavy atom. The molecule has 1 aromatic heterocycles. The van der Waals surface area contributed by atoms with Gasteiger partial charge in [0.25, 0.3) is 0 Å². The molecule has 1 N–H and O–H groups in total. The molecule has 0 radical (unpaired) electrons. The third-order valence-electron chi connectivity index (χ3n) is 4.83. The molecule has 110 valence electrons. The normalized spacial score (nSPS) is 23.7. The van der Waals surface area contributed by atoms with Crippen molar-refractivity contribution in [3.8, 4) is 0 Å². The number of hydrogen-bond donors (Lipinski definition) is 1. The van der Waals surface area contributed by atoms with Crippen LogP contribution in [-0.4, -0.2) is 24.6 Å². The molecule has 1 aromatic rings. The van der Waals surface area contributed by atoms with Gasteiger partial charge >= 0.3 is 0 Å². The van der Waals surface area contributed by atoms with Crippen LogP contribution in [0.1, 0.15) is 44.1 Å². The summed E-state index contributed by atoms with van der Waals surface area (Å²) in [4.78, 5) is 6.59. The van der Waals surface area contributed by atoms with Crippen LogP contribution in [-0.2, 0) is 6.54 Å². The van der Waals surface area contributed by atoms with E-state index in [0.29, 0.717) is 18.4 Å². The number of nitrogens with zero attached hydrogens (tertiary/aromatic N) is 2. The van der Waals surface area contributed by atoms with Crippen molar-refractivity contribution in [3.05, 3.63) is 23.6 Å². The molecular weight excluding hydrogens is 253 g/mol. The predicted molar refractivity (Wildman–Crippen MR) is 79.3 cm³/mol. The molecule has 1 unspecified atom stereocenters. The molecule has 0 spiro atoms. The molecule has 1 aliphatic carbocycles. The van der Waals surface area contributed by atoms with Crippen LogP contribution in [0.25, 0.3) is 0 Å². The number of aromatic nitrogens is 1. The predicted octanol–water partition coefficient (Wildman–Crippen LogP) is 3.10. The first-order valence-corrected chi connectivity index (χ1v) is 7.86. The molecule has 0 amide bonds. The van der Waals surface area contributed by atoms with Crippen LogP contribution >= 0.6 is 0 Å². The van der Waals surface area contributed by atoms with Crippen molar-refractivity contribution in [3.63, 3.8) is 0 Å². The van der Waals surface area contributed by atoms with Crippen LogP contribution in [0.4, 0.5) is 10.2 Å². The molecule has 2 heterocycles. The molecule has 1 aliphatic heterocycles. The highest BCUT2D eigenvalue weighted by atomic mass is 19.1. The molecule has 4 heteroatoms. The highest BCUT2D eigenvalue weighted by molar-refractivity contribution is 5.45. The highest BCUT2D eigenvalue weighted by Crippen LogP contribution is 2.38. The fraction of sp³-hybridized carbons (Fsp3) is 0.688. The van der Waals surface area contributed by atoms with Crippen LogP contribution < -0.4 is 10.2 Å². The van der Waals surface area contributed by atoms with Gasteiger partial charge in [0.15, 0.2) is 11.6 Å². The van der Waals surface area contributed by atoms with E-state index < -0.39 is 0 Å². The Kier molecular flexibility index (Phi) is 4.20. The van der Waals surface area contributed by atoms with E-state index in [1.807, 2.05) is 7.05 Å². The van der Waals surface area contributed by atoms with Gasteiger partial charge in [0.05, 0.1) is 0 Å². The summed E-state index contributed by atoms with van der Waals surface area (Å²) < 4.78 is 14.6. The molecule has 1 saturated carbocycles. The highest BCUT2D eigenvalue weighted by Gasteiger charge is 2.35. The maximum Gasteiger partial charge on any atom is 0.170 e. The average Bonchev–Trinajstić information content (AvgIpc) is 3.10.